The molecule has 1 aromatic heterocycles. The lowest BCUT2D eigenvalue weighted by atomic mass is 10.2. The van der Waals surface area contributed by atoms with Gasteiger partial charge in [0.1, 0.15) is 5.75 Å². The van der Waals surface area contributed by atoms with Crippen LogP contribution in [0.2, 0.25) is 0 Å². The Kier molecular flexibility index (Phi) is 4.53. The molecule has 0 bridgehead atoms. The number of hydrogen-bond donors (Lipinski definition) is 0. The molecule has 0 radical (unpaired) electrons. The summed E-state index contributed by atoms with van der Waals surface area (Å²) in [5, 5.41) is 0.650. The van der Waals surface area contributed by atoms with E-state index in [9.17, 15) is 4.79 Å². The first kappa shape index (κ1) is 14.8. The lowest BCUT2D eigenvalue weighted by Crippen LogP contribution is -2.21. The number of hydrogen-bond acceptors (Lipinski definition) is 3. The summed E-state index contributed by atoms with van der Waals surface area (Å²) in [5.41, 5.74) is 0.722. The van der Waals surface area contributed by atoms with Gasteiger partial charge < -0.3 is 4.74 Å². The van der Waals surface area contributed by atoms with E-state index in [4.69, 9.17) is 4.74 Å². The Labute approximate surface area is 136 Å². The van der Waals surface area contributed by atoms with Gasteiger partial charge in [0, 0.05) is 6.54 Å². The number of nitrogens with zero attached hydrogens (tertiary/aromatic N) is 2. The van der Waals surface area contributed by atoms with Gasteiger partial charge in [-0.15, -0.1) is 0 Å². The number of benzene rings is 2. The zero-order valence-electron chi connectivity index (χ0n) is 11.9. The van der Waals surface area contributed by atoms with Crippen LogP contribution in [0.3, 0.4) is 0 Å². The SMILES string of the molecule is O=c1c2ccccc2ncn1CCCOc1ccccc1Br. The van der Waals surface area contributed by atoms with Gasteiger partial charge in [0.2, 0.25) is 0 Å². The van der Waals surface area contributed by atoms with Gasteiger partial charge in [0.15, 0.2) is 0 Å². The summed E-state index contributed by atoms with van der Waals surface area (Å²) in [7, 11) is 0. The van der Waals surface area contributed by atoms with E-state index in [1.54, 1.807) is 17.0 Å². The van der Waals surface area contributed by atoms with Crippen molar-refractivity contribution in [3.05, 3.63) is 69.7 Å². The highest BCUT2D eigenvalue weighted by Gasteiger charge is 2.03. The average Bonchev–Trinajstić information content (AvgIpc) is 2.55. The third-order valence-electron chi connectivity index (χ3n) is 3.37. The van der Waals surface area contributed by atoms with Crippen LogP contribution >= 0.6 is 15.9 Å². The monoisotopic (exact) mass is 358 g/mol. The van der Waals surface area contributed by atoms with Crippen molar-refractivity contribution in [2.75, 3.05) is 6.61 Å². The number of fused-ring (bicyclic) bond motifs is 1. The molecule has 1 heterocycles. The maximum atomic E-state index is 12.3. The molecule has 0 fully saturated rings. The van der Waals surface area contributed by atoms with Crippen LogP contribution in [-0.2, 0) is 6.54 Å². The molecule has 4 nitrogen and oxygen atoms in total. The van der Waals surface area contributed by atoms with E-state index in [-0.39, 0.29) is 5.56 Å². The van der Waals surface area contributed by atoms with E-state index in [2.05, 4.69) is 20.9 Å². The van der Waals surface area contributed by atoms with Crippen LogP contribution in [0, 0.1) is 0 Å². The second-order valence-electron chi connectivity index (χ2n) is 4.89. The molecule has 0 spiro atoms. The molecule has 0 unspecified atom stereocenters. The quantitative estimate of drug-likeness (QED) is 0.654. The molecule has 3 rings (SSSR count). The Balaban J connectivity index is 1.64. The van der Waals surface area contributed by atoms with E-state index < -0.39 is 0 Å². The Bertz CT molecular complexity index is 845. The first-order chi connectivity index (χ1) is 10.8. The van der Waals surface area contributed by atoms with Crippen molar-refractivity contribution in [2.24, 2.45) is 0 Å². The van der Waals surface area contributed by atoms with Gasteiger partial charge in [-0.2, -0.15) is 0 Å². The molecule has 0 amide bonds. The van der Waals surface area contributed by atoms with Crippen LogP contribution in [-0.4, -0.2) is 16.2 Å². The fourth-order valence-corrected chi connectivity index (χ4v) is 2.64. The van der Waals surface area contributed by atoms with Crippen LogP contribution in [0.15, 0.2) is 64.1 Å². The van der Waals surface area contributed by atoms with Crippen LogP contribution in [0.5, 0.6) is 5.75 Å². The minimum Gasteiger partial charge on any atom is -0.492 e. The minimum atomic E-state index is -0.00788. The summed E-state index contributed by atoms with van der Waals surface area (Å²) in [6.45, 7) is 1.13. The molecule has 5 heteroatoms. The van der Waals surface area contributed by atoms with Gasteiger partial charge in [-0.25, -0.2) is 4.98 Å². The molecular weight excluding hydrogens is 344 g/mol. The molecule has 0 saturated carbocycles. The largest absolute Gasteiger partial charge is 0.492 e. The summed E-state index contributed by atoms with van der Waals surface area (Å²) in [4.78, 5) is 16.6. The van der Waals surface area contributed by atoms with Crippen LogP contribution in [0.25, 0.3) is 10.9 Å². The van der Waals surface area contributed by atoms with Gasteiger partial charge in [0.25, 0.3) is 5.56 Å². The molecule has 0 N–H and O–H groups in total. The molecule has 0 atom stereocenters. The van der Waals surface area contributed by atoms with Crippen LogP contribution in [0.4, 0.5) is 0 Å². The zero-order chi connectivity index (χ0) is 15.4. The van der Waals surface area contributed by atoms with Gasteiger partial charge in [-0.3, -0.25) is 9.36 Å². The maximum absolute atomic E-state index is 12.3. The van der Waals surface area contributed by atoms with Crippen molar-refractivity contribution < 1.29 is 4.74 Å². The Hall–Kier alpha value is -2.14. The van der Waals surface area contributed by atoms with Crippen molar-refractivity contribution in [2.45, 2.75) is 13.0 Å². The summed E-state index contributed by atoms with van der Waals surface area (Å²) >= 11 is 3.44. The predicted octanol–water partition coefficient (Wildman–Crippen LogP) is 3.63. The number of para-hydroxylation sites is 2. The molecule has 0 aliphatic heterocycles. The number of ether oxygens (including phenoxy) is 1. The van der Waals surface area contributed by atoms with Crippen molar-refractivity contribution in [3.63, 3.8) is 0 Å². The molecule has 2 aromatic carbocycles. The average molecular weight is 359 g/mol. The molecule has 0 saturated heterocycles. The topological polar surface area (TPSA) is 44.1 Å². The van der Waals surface area contributed by atoms with Gasteiger partial charge in [-0.05, 0) is 46.6 Å². The molecule has 22 heavy (non-hydrogen) atoms. The number of halogens is 1. The molecule has 3 aromatic rings. The molecule has 0 aliphatic rings. The zero-order valence-corrected chi connectivity index (χ0v) is 13.5. The standard InChI is InChI=1S/C17H15BrN2O2/c18-14-7-2-4-9-16(14)22-11-5-10-20-12-19-15-8-3-1-6-13(15)17(20)21/h1-4,6-9,12H,5,10-11H2. The first-order valence-electron chi connectivity index (χ1n) is 7.07. The predicted molar refractivity (Wildman–Crippen MR) is 90.3 cm³/mol. The highest BCUT2D eigenvalue weighted by molar-refractivity contribution is 9.10. The molecule has 0 aliphatic carbocycles. The second kappa shape index (κ2) is 6.75. The third kappa shape index (κ3) is 3.20. The number of aromatic nitrogens is 2. The van der Waals surface area contributed by atoms with Crippen molar-refractivity contribution in [3.8, 4) is 5.75 Å². The Morgan fingerprint density at radius 1 is 1.09 bits per heavy atom. The number of rotatable bonds is 5. The van der Waals surface area contributed by atoms with Crippen molar-refractivity contribution >= 4 is 26.8 Å². The summed E-state index contributed by atoms with van der Waals surface area (Å²) in [6.07, 6.45) is 2.34. The van der Waals surface area contributed by atoms with Crippen molar-refractivity contribution in [1.82, 2.24) is 9.55 Å². The highest BCUT2D eigenvalue weighted by atomic mass is 79.9. The van der Waals surface area contributed by atoms with Crippen molar-refractivity contribution in [1.29, 1.82) is 0 Å². The maximum Gasteiger partial charge on any atom is 0.261 e. The second-order valence-corrected chi connectivity index (χ2v) is 5.75. The molecule has 112 valence electrons. The smallest absolute Gasteiger partial charge is 0.261 e. The highest BCUT2D eigenvalue weighted by Crippen LogP contribution is 2.23. The van der Waals surface area contributed by atoms with E-state index in [1.165, 1.54) is 0 Å². The molecular formula is C17H15BrN2O2. The summed E-state index contributed by atoms with van der Waals surface area (Å²) in [6, 6.07) is 15.1. The van der Waals surface area contributed by atoms with Gasteiger partial charge in [0.05, 0.1) is 28.3 Å². The fraction of sp³-hybridized carbons (Fsp3) is 0.176. The fourth-order valence-electron chi connectivity index (χ4n) is 2.24. The van der Waals surface area contributed by atoms with E-state index in [0.29, 0.717) is 18.5 Å². The summed E-state index contributed by atoms with van der Waals surface area (Å²) < 4.78 is 8.26. The normalized spacial score (nSPS) is 10.8. The summed E-state index contributed by atoms with van der Waals surface area (Å²) in [5.74, 6) is 0.812. The van der Waals surface area contributed by atoms with E-state index in [0.717, 1.165) is 22.2 Å². The number of aryl methyl sites for hydroxylation is 1. The van der Waals surface area contributed by atoms with Gasteiger partial charge >= 0.3 is 0 Å². The Morgan fingerprint density at radius 2 is 1.86 bits per heavy atom. The minimum absolute atomic E-state index is 0.00788. The lowest BCUT2D eigenvalue weighted by molar-refractivity contribution is 0.299. The van der Waals surface area contributed by atoms with Crippen LogP contribution < -0.4 is 10.3 Å². The first-order valence-corrected chi connectivity index (χ1v) is 7.86. The van der Waals surface area contributed by atoms with Gasteiger partial charge in [-0.1, -0.05) is 24.3 Å². The van der Waals surface area contributed by atoms with Crippen LogP contribution in [0.1, 0.15) is 6.42 Å². The van der Waals surface area contributed by atoms with E-state index in [1.807, 2.05) is 42.5 Å². The Morgan fingerprint density at radius 3 is 2.73 bits per heavy atom. The third-order valence-corrected chi connectivity index (χ3v) is 4.02. The lowest BCUT2D eigenvalue weighted by Gasteiger charge is -2.09. The van der Waals surface area contributed by atoms with E-state index >= 15 is 0 Å².